The molecule has 0 aliphatic rings. The summed E-state index contributed by atoms with van der Waals surface area (Å²) in [6.07, 6.45) is 0.251. The van der Waals surface area contributed by atoms with Gasteiger partial charge < -0.3 is 5.32 Å². The van der Waals surface area contributed by atoms with E-state index < -0.39 is 0 Å². The number of hydrogen-bond acceptors (Lipinski definition) is 2. The number of nitrogens with one attached hydrogen (secondary N) is 1. The predicted molar refractivity (Wildman–Crippen MR) is 104 cm³/mol. The molecule has 0 bridgehead atoms. The van der Waals surface area contributed by atoms with Crippen molar-refractivity contribution in [2.24, 2.45) is 0 Å². The van der Waals surface area contributed by atoms with Crippen molar-refractivity contribution in [1.29, 1.82) is 0 Å². The van der Waals surface area contributed by atoms with Crippen molar-refractivity contribution in [3.8, 4) is 0 Å². The molecule has 1 N–H and O–H groups in total. The highest BCUT2D eigenvalue weighted by Gasteiger charge is 2.17. The van der Waals surface area contributed by atoms with E-state index in [1.165, 1.54) is 12.1 Å². The van der Waals surface area contributed by atoms with Crippen LogP contribution >= 0.6 is 11.6 Å². The van der Waals surface area contributed by atoms with E-state index in [1.54, 1.807) is 36.4 Å². The molecule has 0 aliphatic carbocycles. The van der Waals surface area contributed by atoms with Crippen molar-refractivity contribution in [2.45, 2.75) is 19.4 Å². The summed E-state index contributed by atoms with van der Waals surface area (Å²) in [5.74, 6) is -0.303. The fourth-order valence-electron chi connectivity index (χ4n) is 2.74. The molecule has 0 saturated heterocycles. The number of aryl methyl sites for hydroxylation is 1. The van der Waals surface area contributed by atoms with Crippen molar-refractivity contribution in [3.05, 3.63) is 100 Å². The minimum Gasteiger partial charge on any atom is -0.378 e. The Kier molecular flexibility index (Phi) is 5.69. The molecule has 3 rings (SSSR count). The maximum Gasteiger partial charge on any atom is 0.165 e. The zero-order valence-corrected chi connectivity index (χ0v) is 15.1. The van der Waals surface area contributed by atoms with Crippen LogP contribution in [0.25, 0.3) is 0 Å². The Balaban J connectivity index is 1.84. The molecular formula is C22H19ClFNO. The highest BCUT2D eigenvalue weighted by atomic mass is 35.5. The highest BCUT2D eigenvalue weighted by Crippen LogP contribution is 2.25. The molecule has 0 heterocycles. The summed E-state index contributed by atoms with van der Waals surface area (Å²) in [4.78, 5) is 12.7. The quantitative estimate of drug-likeness (QED) is 0.524. The molecular weight excluding hydrogens is 349 g/mol. The van der Waals surface area contributed by atoms with E-state index in [9.17, 15) is 9.18 Å². The van der Waals surface area contributed by atoms with Gasteiger partial charge in [-0.3, -0.25) is 4.79 Å². The molecule has 0 unspecified atom stereocenters. The first-order valence-electron chi connectivity index (χ1n) is 8.39. The van der Waals surface area contributed by atoms with Gasteiger partial charge in [-0.15, -0.1) is 0 Å². The third-order valence-corrected chi connectivity index (χ3v) is 4.47. The van der Waals surface area contributed by atoms with Crippen LogP contribution in [0.4, 0.5) is 10.1 Å². The molecule has 0 amide bonds. The Morgan fingerprint density at radius 1 is 0.962 bits per heavy atom. The highest BCUT2D eigenvalue weighted by molar-refractivity contribution is 6.30. The predicted octanol–water partition coefficient (Wildman–Crippen LogP) is 6.21. The second-order valence-corrected chi connectivity index (χ2v) is 6.69. The van der Waals surface area contributed by atoms with Crippen LogP contribution in [-0.4, -0.2) is 5.78 Å². The van der Waals surface area contributed by atoms with Crippen molar-refractivity contribution >= 4 is 23.1 Å². The fraction of sp³-hybridized carbons (Fsp3) is 0.136. The van der Waals surface area contributed by atoms with E-state index >= 15 is 0 Å². The summed E-state index contributed by atoms with van der Waals surface area (Å²) in [6, 6.07) is 20.8. The number of benzene rings is 3. The Hall–Kier alpha value is -2.65. The van der Waals surface area contributed by atoms with Crippen LogP contribution in [-0.2, 0) is 0 Å². The van der Waals surface area contributed by atoms with Crippen LogP contribution in [0.2, 0.25) is 5.02 Å². The first-order chi connectivity index (χ1) is 12.5. The Morgan fingerprint density at radius 3 is 2.19 bits per heavy atom. The van der Waals surface area contributed by atoms with Crippen molar-refractivity contribution in [3.63, 3.8) is 0 Å². The fourth-order valence-corrected chi connectivity index (χ4v) is 2.86. The van der Waals surface area contributed by atoms with Gasteiger partial charge in [-0.25, -0.2) is 4.39 Å². The number of halogens is 2. The molecule has 0 spiro atoms. The topological polar surface area (TPSA) is 29.1 Å². The lowest BCUT2D eigenvalue weighted by atomic mass is 9.97. The summed E-state index contributed by atoms with van der Waals surface area (Å²) >= 11 is 5.89. The van der Waals surface area contributed by atoms with E-state index in [-0.39, 0.29) is 24.1 Å². The monoisotopic (exact) mass is 367 g/mol. The number of hydrogen-bond donors (Lipinski definition) is 1. The maximum absolute atomic E-state index is 13.3. The zero-order chi connectivity index (χ0) is 18.5. The summed E-state index contributed by atoms with van der Waals surface area (Å²) in [6.45, 7) is 2.02. The van der Waals surface area contributed by atoms with Crippen molar-refractivity contribution in [2.75, 3.05) is 5.32 Å². The zero-order valence-electron chi connectivity index (χ0n) is 14.4. The first-order valence-corrected chi connectivity index (χ1v) is 8.76. The minimum atomic E-state index is -0.299. The van der Waals surface area contributed by atoms with Gasteiger partial charge in [-0.2, -0.15) is 0 Å². The second-order valence-electron chi connectivity index (χ2n) is 6.25. The van der Waals surface area contributed by atoms with E-state index in [0.717, 1.165) is 16.8 Å². The van der Waals surface area contributed by atoms with E-state index in [4.69, 9.17) is 11.6 Å². The lowest BCUT2D eigenvalue weighted by Crippen LogP contribution is -2.16. The molecule has 0 aliphatic heterocycles. The SMILES string of the molecule is Cc1ccc(N[C@@H](CC(=O)c2ccc(Cl)cc2)c2ccc(F)cc2)cc1. The number of carbonyl (C=O) groups excluding carboxylic acids is 1. The molecule has 0 fully saturated rings. The molecule has 3 aromatic rings. The summed E-state index contributed by atoms with van der Waals surface area (Å²) in [5.41, 5.74) is 3.53. The third kappa shape index (κ3) is 4.70. The van der Waals surface area contributed by atoms with E-state index in [0.29, 0.717) is 10.6 Å². The molecule has 0 aromatic heterocycles. The van der Waals surface area contributed by atoms with Gasteiger partial charge in [-0.1, -0.05) is 41.4 Å². The van der Waals surface area contributed by atoms with Gasteiger partial charge in [0.05, 0.1) is 6.04 Å². The lowest BCUT2D eigenvalue weighted by Gasteiger charge is -2.20. The number of carbonyl (C=O) groups is 1. The Morgan fingerprint density at radius 2 is 1.58 bits per heavy atom. The van der Waals surface area contributed by atoms with Gasteiger partial charge in [0.1, 0.15) is 5.82 Å². The summed E-state index contributed by atoms with van der Waals surface area (Å²) in [5, 5.41) is 3.98. The third-order valence-electron chi connectivity index (χ3n) is 4.22. The standard InChI is InChI=1S/C22H19ClFNO/c1-15-2-12-20(13-3-15)25-21(16-6-10-19(24)11-7-16)14-22(26)17-4-8-18(23)9-5-17/h2-13,21,25H,14H2,1H3/t21-/m0/s1. The number of ketones is 1. The number of rotatable bonds is 6. The lowest BCUT2D eigenvalue weighted by molar-refractivity contribution is 0.0976. The largest absolute Gasteiger partial charge is 0.378 e. The average Bonchev–Trinajstić information content (AvgIpc) is 2.64. The Bertz CT molecular complexity index is 874. The smallest absolute Gasteiger partial charge is 0.165 e. The Labute approximate surface area is 157 Å². The van der Waals surface area contributed by atoms with Crippen LogP contribution in [0.1, 0.15) is 33.9 Å². The van der Waals surface area contributed by atoms with Crippen LogP contribution in [0.5, 0.6) is 0 Å². The van der Waals surface area contributed by atoms with Crippen LogP contribution in [0.3, 0.4) is 0 Å². The number of anilines is 1. The van der Waals surface area contributed by atoms with Crippen LogP contribution in [0.15, 0.2) is 72.8 Å². The molecule has 132 valence electrons. The van der Waals surface area contributed by atoms with Gasteiger partial charge in [0.2, 0.25) is 0 Å². The van der Waals surface area contributed by atoms with Gasteiger partial charge in [-0.05, 0) is 61.0 Å². The van der Waals surface area contributed by atoms with Gasteiger partial charge in [0.25, 0.3) is 0 Å². The van der Waals surface area contributed by atoms with Gasteiger partial charge in [0, 0.05) is 22.7 Å². The molecule has 26 heavy (non-hydrogen) atoms. The summed E-state index contributed by atoms with van der Waals surface area (Å²) in [7, 11) is 0. The minimum absolute atomic E-state index is 0.00407. The van der Waals surface area contributed by atoms with E-state index in [1.807, 2.05) is 31.2 Å². The molecule has 0 saturated carbocycles. The number of Topliss-reactive ketones (excluding diaryl/α,β-unsaturated/α-hetero) is 1. The van der Waals surface area contributed by atoms with Gasteiger partial charge in [0.15, 0.2) is 5.78 Å². The molecule has 4 heteroatoms. The molecule has 2 nitrogen and oxygen atoms in total. The van der Waals surface area contributed by atoms with Crippen LogP contribution in [0, 0.1) is 12.7 Å². The van der Waals surface area contributed by atoms with Crippen molar-refractivity contribution < 1.29 is 9.18 Å². The van der Waals surface area contributed by atoms with E-state index in [2.05, 4.69) is 5.32 Å². The second kappa shape index (κ2) is 8.15. The first kappa shape index (κ1) is 18.2. The van der Waals surface area contributed by atoms with Crippen LogP contribution < -0.4 is 5.32 Å². The normalized spacial score (nSPS) is 11.8. The maximum atomic E-state index is 13.3. The van der Waals surface area contributed by atoms with Gasteiger partial charge >= 0.3 is 0 Å². The summed E-state index contributed by atoms with van der Waals surface area (Å²) < 4.78 is 13.3. The molecule has 3 aromatic carbocycles. The molecule has 1 atom stereocenters. The van der Waals surface area contributed by atoms with Crippen molar-refractivity contribution in [1.82, 2.24) is 0 Å². The average molecular weight is 368 g/mol. The molecule has 0 radical (unpaired) electrons.